The van der Waals surface area contributed by atoms with Crippen molar-refractivity contribution >= 4 is 66.8 Å². The molecule has 0 amide bonds. The Hall–Kier alpha value is -8.14. The molecule has 1 atom stereocenters. The van der Waals surface area contributed by atoms with E-state index in [1.54, 1.807) is 0 Å². The molecular weight excluding hydrogens is 753 g/mol. The molecule has 2 aliphatic rings. The number of rotatable bonds is 6. The molecule has 11 aromatic rings. The molecule has 1 aromatic heterocycles. The van der Waals surface area contributed by atoms with Gasteiger partial charge in [-0.2, -0.15) is 0 Å². The third kappa shape index (κ3) is 4.88. The molecule has 1 heterocycles. The van der Waals surface area contributed by atoms with Crippen LogP contribution in [0, 0.1) is 0 Å². The normalized spacial score (nSPS) is 14.5. The lowest BCUT2D eigenvalue weighted by Crippen LogP contribution is -2.28. The summed E-state index contributed by atoms with van der Waals surface area (Å²) in [6.45, 7) is 0. The molecule has 1 spiro atoms. The summed E-state index contributed by atoms with van der Waals surface area (Å²) in [6.07, 6.45) is 0. The Morgan fingerprint density at radius 1 is 0.323 bits per heavy atom. The number of anilines is 6. The van der Waals surface area contributed by atoms with E-state index < -0.39 is 5.41 Å². The molecule has 3 heteroatoms. The fourth-order valence-corrected chi connectivity index (χ4v) is 10.8. The summed E-state index contributed by atoms with van der Waals surface area (Å²) in [4.78, 5) is 4.86. The molecule has 0 fully saturated rings. The molecule has 0 bridgehead atoms. The number of benzene rings is 10. The van der Waals surface area contributed by atoms with Gasteiger partial charge in [0.2, 0.25) is 0 Å². The lowest BCUT2D eigenvalue weighted by atomic mass is 9.69. The Morgan fingerprint density at radius 3 is 1.56 bits per heavy atom. The van der Waals surface area contributed by atoms with Gasteiger partial charge < -0.3 is 14.2 Å². The molecule has 62 heavy (non-hydrogen) atoms. The minimum absolute atomic E-state index is 0.625. The second kappa shape index (κ2) is 13.4. The first-order valence-electron chi connectivity index (χ1n) is 21.3. The van der Waals surface area contributed by atoms with Crippen LogP contribution in [0.3, 0.4) is 0 Å². The molecule has 2 aliphatic carbocycles. The van der Waals surface area contributed by atoms with Crippen molar-refractivity contribution in [1.82, 2.24) is 0 Å². The third-order valence-electron chi connectivity index (χ3n) is 13.2. The van der Waals surface area contributed by atoms with Crippen molar-refractivity contribution in [3.8, 4) is 22.3 Å². The van der Waals surface area contributed by atoms with Crippen LogP contribution >= 0.6 is 0 Å². The van der Waals surface area contributed by atoms with Gasteiger partial charge in [-0.25, -0.2) is 0 Å². The summed E-state index contributed by atoms with van der Waals surface area (Å²) < 4.78 is 6.39. The fourth-order valence-electron chi connectivity index (χ4n) is 10.8. The van der Waals surface area contributed by atoms with Crippen LogP contribution in [0.15, 0.2) is 235 Å². The van der Waals surface area contributed by atoms with E-state index in [0.717, 1.165) is 56.1 Å². The Kier molecular flexibility index (Phi) is 7.52. The highest BCUT2D eigenvalue weighted by molar-refractivity contribution is 6.12. The number of para-hydroxylation sites is 4. The molecule has 0 radical (unpaired) electrons. The van der Waals surface area contributed by atoms with Crippen LogP contribution in [-0.2, 0) is 5.41 Å². The zero-order valence-electron chi connectivity index (χ0n) is 33.7. The molecule has 0 aliphatic heterocycles. The molecule has 3 nitrogen and oxygen atoms in total. The predicted molar refractivity (Wildman–Crippen MR) is 257 cm³/mol. The molecule has 0 saturated heterocycles. The van der Waals surface area contributed by atoms with Crippen molar-refractivity contribution in [2.24, 2.45) is 0 Å². The van der Waals surface area contributed by atoms with Gasteiger partial charge in [0.15, 0.2) is 0 Å². The van der Waals surface area contributed by atoms with Crippen molar-refractivity contribution in [2.75, 3.05) is 9.80 Å². The maximum Gasteiger partial charge on any atom is 0.135 e. The van der Waals surface area contributed by atoms with Crippen LogP contribution in [0.4, 0.5) is 34.1 Å². The average molecular weight is 791 g/mol. The highest BCUT2D eigenvalue weighted by Gasteiger charge is 2.54. The van der Waals surface area contributed by atoms with E-state index in [4.69, 9.17) is 4.42 Å². The Bertz CT molecular complexity index is 3500. The highest BCUT2D eigenvalue weighted by atomic mass is 16.3. The van der Waals surface area contributed by atoms with Crippen LogP contribution in [0.1, 0.15) is 22.3 Å². The fraction of sp³-hybridized carbons (Fsp3) is 0.0169. The quantitative estimate of drug-likeness (QED) is 0.167. The summed E-state index contributed by atoms with van der Waals surface area (Å²) >= 11 is 0. The second-order valence-corrected chi connectivity index (χ2v) is 16.4. The summed E-state index contributed by atoms with van der Waals surface area (Å²) in [7, 11) is 0. The van der Waals surface area contributed by atoms with Gasteiger partial charge in [-0.3, -0.25) is 0 Å². The maximum atomic E-state index is 6.39. The van der Waals surface area contributed by atoms with Crippen molar-refractivity contribution in [3.63, 3.8) is 0 Å². The van der Waals surface area contributed by atoms with Crippen LogP contribution in [0.2, 0.25) is 0 Å². The van der Waals surface area contributed by atoms with Gasteiger partial charge in [-0.1, -0.05) is 152 Å². The lowest BCUT2D eigenvalue weighted by Gasteiger charge is -2.36. The van der Waals surface area contributed by atoms with Gasteiger partial charge in [-0.15, -0.1) is 0 Å². The minimum Gasteiger partial charge on any atom is -0.456 e. The van der Waals surface area contributed by atoms with E-state index in [1.807, 2.05) is 6.07 Å². The topological polar surface area (TPSA) is 19.6 Å². The van der Waals surface area contributed by atoms with Crippen molar-refractivity contribution < 1.29 is 4.42 Å². The minimum atomic E-state index is -0.625. The van der Waals surface area contributed by atoms with Crippen molar-refractivity contribution in [2.45, 2.75) is 5.41 Å². The molecule has 0 saturated carbocycles. The predicted octanol–water partition coefficient (Wildman–Crippen LogP) is 16.0. The third-order valence-corrected chi connectivity index (χ3v) is 13.2. The smallest absolute Gasteiger partial charge is 0.135 e. The second-order valence-electron chi connectivity index (χ2n) is 16.4. The van der Waals surface area contributed by atoms with E-state index in [-0.39, 0.29) is 0 Å². The zero-order valence-corrected chi connectivity index (χ0v) is 33.7. The van der Waals surface area contributed by atoms with E-state index >= 15 is 0 Å². The van der Waals surface area contributed by atoms with E-state index in [9.17, 15) is 0 Å². The first kappa shape index (κ1) is 34.7. The Morgan fingerprint density at radius 2 is 0.839 bits per heavy atom. The largest absolute Gasteiger partial charge is 0.456 e. The number of hydrogen-bond donors (Lipinski definition) is 0. The summed E-state index contributed by atoms with van der Waals surface area (Å²) in [6, 6.07) is 84.1. The molecule has 1 unspecified atom stereocenters. The van der Waals surface area contributed by atoms with E-state index in [0.29, 0.717) is 0 Å². The van der Waals surface area contributed by atoms with E-state index in [1.165, 1.54) is 55.3 Å². The van der Waals surface area contributed by atoms with Crippen LogP contribution in [0.5, 0.6) is 0 Å². The zero-order chi connectivity index (χ0) is 40.8. The van der Waals surface area contributed by atoms with E-state index in [2.05, 4.69) is 234 Å². The average Bonchev–Trinajstić information content (AvgIpc) is 3.97. The summed E-state index contributed by atoms with van der Waals surface area (Å²) in [5, 5.41) is 4.66. The number of fused-ring (bicyclic) bond motifs is 15. The van der Waals surface area contributed by atoms with Gasteiger partial charge in [-0.05, 0) is 129 Å². The first-order valence-corrected chi connectivity index (χ1v) is 21.3. The standard InChI is InChI=1S/C59H38N2O/c1-4-19-40(20-5-1)60(41-21-6-2-7-22-41)43-32-34-53-49(37-43)46-26-12-15-29-51(46)59(53)52-30-16-13-28-48(52)57-45-25-11-10-18-39(45)36-54(58(57)59)61(42-23-8-3-9-24-42)44-33-35-56-50(38-44)47-27-14-17-31-55(47)62-56/h1-38H. The van der Waals surface area contributed by atoms with Gasteiger partial charge >= 0.3 is 0 Å². The maximum absolute atomic E-state index is 6.39. The molecule has 0 N–H and O–H groups in total. The molecular formula is C59H38N2O. The van der Waals surface area contributed by atoms with Crippen LogP contribution < -0.4 is 9.80 Å². The van der Waals surface area contributed by atoms with Gasteiger partial charge in [0, 0.05) is 44.8 Å². The number of hydrogen-bond acceptors (Lipinski definition) is 3. The summed E-state index contributed by atoms with van der Waals surface area (Å²) in [5.41, 5.74) is 18.0. The highest BCUT2D eigenvalue weighted by Crippen LogP contribution is 2.67. The Balaban J connectivity index is 1.14. The summed E-state index contributed by atoms with van der Waals surface area (Å²) in [5.74, 6) is 0. The van der Waals surface area contributed by atoms with Gasteiger partial charge in [0.05, 0.1) is 11.1 Å². The molecule has 290 valence electrons. The number of nitrogens with zero attached hydrogens (tertiary/aromatic N) is 2. The molecule has 10 aromatic carbocycles. The van der Waals surface area contributed by atoms with Crippen LogP contribution in [-0.4, -0.2) is 0 Å². The van der Waals surface area contributed by atoms with Gasteiger partial charge in [0.1, 0.15) is 11.2 Å². The number of furan rings is 1. The van der Waals surface area contributed by atoms with Crippen molar-refractivity contribution in [3.05, 3.63) is 253 Å². The molecule has 13 rings (SSSR count). The van der Waals surface area contributed by atoms with Gasteiger partial charge in [0.25, 0.3) is 0 Å². The van der Waals surface area contributed by atoms with Crippen LogP contribution in [0.25, 0.3) is 55.0 Å². The lowest BCUT2D eigenvalue weighted by molar-refractivity contribution is 0.669. The van der Waals surface area contributed by atoms with Crippen molar-refractivity contribution in [1.29, 1.82) is 0 Å². The monoisotopic (exact) mass is 790 g/mol. The SMILES string of the molecule is c1ccc(N(c2ccccc2)c2ccc3c(c2)-c2ccccc2C32c3ccccc3-c3c2c(N(c2ccccc2)c2ccc4oc5ccccc5c4c2)cc2ccccc32)cc1. The first-order chi connectivity index (χ1) is 30.8. The Labute approximate surface area is 360 Å².